The Morgan fingerprint density at radius 1 is 0.778 bits per heavy atom. The quantitative estimate of drug-likeness (QED) is 0.488. The van der Waals surface area contributed by atoms with Gasteiger partial charge in [-0.3, -0.25) is 9.59 Å². The molecule has 3 aliphatic rings. The topological polar surface area (TPSA) is 46.2 Å². The van der Waals surface area contributed by atoms with Gasteiger partial charge in [0.15, 0.2) is 0 Å². The fourth-order valence-electron chi connectivity index (χ4n) is 6.05. The molecule has 3 rings (SSSR count). The Labute approximate surface area is 166 Å². The molecule has 154 valence electrons. The van der Waals surface area contributed by atoms with E-state index in [4.69, 9.17) is 0 Å². The Hall–Kier alpha value is -0.700. The molecule has 0 saturated heterocycles. The maximum atomic E-state index is 12.7. The monoisotopic (exact) mass is 375 g/mol. The molecule has 0 amide bonds. The highest BCUT2D eigenvalue weighted by Crippen LogP contribution is 2.44. The zero-order valence-corrected chi connectivity index (χ0v) is 17.4. The molecule has 1 N–H and O–H groups in total. The fourth-order valence-corrected chi connectivity index (χ4v) is 6.05. The maximum Gasteiger partial charge on any atom is 0.146 e. The van der Waals surface area contributed by atoms with Crippen LogP contribution in [0.4, 0.5) is 0 Å². The van der Waals surface area contributed by atoms with Crippen molar-refractivity contribution in [1.82, 2.24) is 5.32 Å². The molecule has 3 nitrogen and oxygen atoms in total. The van der Waals surface area contributed by atoms with E-state index in [2.05, 4.69) is 5.32 Å². The highest BCUT2D eigenvalue weighted by molar-refractivity contribution is 5.81. The Kier molecular flexibility index (Phi) is 8.83. The van der Waals surface area contributed by atoms with Crippen molar-refractivity contribution < 1.29 is 9.59 Å². The third kappa shape index (κ3) is 6.69. The molecule has 0 aromatic rings. The van der Waals surface area contributed by atoms with Gasteiger partial charge in [-0.05, 0) is 56.4 Å². The number of fused-ring (bicyclic) bond motifs is 1. The summed E-state index contributed by atoms with van der Waals surface area (Å²) in [5.41, 5.74) is 0. The normalized spacial score (nSPS) is 28.8. The number of ketones is 2. The van der Waals surface area contributed by atoms with Crippen LogP contribution in [0.5, 0.6) is 0 Å². The molecule has 0 aromatic carbocycles. The van der Waals surface area contributed by atoms with Gasteiger partial charge in [0, 0.05) is 18.8 Å². The maximum absolute atomic E-state index is 12.7. The van der Waals surface area contributed by atoms with E-state index in [1.165, 1.54) is 64.2 Å². The summed E-state index contributed by atoms with van der Waals surface area (Å²) in [6, 6.07) is 0. The molecule has 0 bridgehead atoms. The van der Waals surface area contributed by atoms with Crippen LogP contribution in [0, 0.1) is 23.7 Å². The van der Waals surface area contributed by atoms with Crippen molar-refractivity contribution in [3.05, 3.63) is 0 Å². The van der Waals surface area contributed by atoms with Crippen LogP contribution in [0.2, 0.25) is 0 Å². The number of hydrogen-bond acceptors (Lipinski definition) is 3. The van der Waals surface area contributed by atoms with Gasteiger partial charge in [-0.1, -0.05) is 57.8 Å². The minimum absolute atomic E-state index is 0.364. The van der Waals surface area contributed by atoms with Gasteiger partial charge in [0.05, 0.1) is 6.54 Å². The minimum Gasteiger partial charge on any atom is -0.310 e. The molecule has 27 heavy (non-hydrogen) atoms. The second kappa shape index (κ2) is 11.3. The lowest BCUT2D eigenvalue weighted by molar-refractivity contribution is -0.127. The van der Waals surface area contributed by atoms with E-state index in [9.17, 15) is 9.59 Å². The number of nitrogens with one attached hydrogen (secondary N) is 1. The van der Waals surface area contributed by atoms with Crippen molar-refractivity contribution in [2.75, 3.05) is 13.1 Å². The highest BCUT2D eigenvalue weighted by atomic mass is 16.1. The summed E-state index contributed by atoms with van der Waals surface area (Å²) in [6.07, 6.45) is 19.1. The van der Waals surface area contributed by atoms with Crippen molar-refractivity contribution in [3.63, 3.8) is 0 Å². The predicted octanol–water partition coefficient (Wildman–Crippen LogP) is 5.46. The van der Waals surface area contributed by atoms with E-state index >= 15 is 0 Å². The van der Waals surface area contributed by atoms with E-state index in [1.807, 2.05) is 0 Å². The summed E-state index contributed by atoms with van der Waals surface area (Å²) in [4.78, 5) is 24.7. The fraction of sp³-hybridized carbons (Fsp3) is 0.917. The number of Topliss-reactive ketones (excluding diaryl/α,β-unsaturated/α-hetero) is 2. The van der Waals surface area contributed by atoms with E-state index in [-0.39, 0.29) is 0 Å². The molecule has 3 fully saturated rings. The van der Waals surface area contributed by atoms with Gasteiger partial charge in [0.25, 0.3) is 0 Å². The van der Waals surface area contributed by atoms with Gasteiger partial charge in [-0.15, -0.1) is 0 Å². The van der Waals surface area contributed by atoms with Crippen LogP contribution in [0.15, 0.2) is 0 Å². The number of unbranched alkanes of at least 4 members (excludes halogenated alkanes) is 1. The average molecular weight is 376 g/mol. The molecule has 0 heterocycles. The zero-order valence-electron chi connectivity index (χ0n) is 17.4. The van der Waals surface area contributed by atoms with Crippen molar-refractivity contribution in [3.8, 4) is 0 Å². The summed E-state index contributed by atoms with van der Waals surface area (Å²) in [5.74, 6) is 3.63. The Balaban J connectivity index is 1.22. The smallest absolute Gasteiger partial charge is 0.146 e. The number of carbonyl (C=O) groups excluding carboxylic acids is 2. The summed E-state index contributed by atoms with van der Waals surface area (Å²) < 4.78 is 0. The Morgan fingerprint density at radius 2 is 1.52 bits per heavy atom. The standard InChI is InChI=1S/C24H41NO2/c26-21(16-15-19-8-1-2-9-19)18-25-17-6-5-14-24(27)23-13-7-11-20-10-3-4-12-22(20)23/h19-20,22-23,25H,1-18H2. The van der Waals surface area contributed by atoms with Crippen LogP contribution in [-0.4, -0.2) is 24.7 Å². The predicted molar refractivity (Wildman–Crippen MR) is 111 cm³/mol. The molecule has 3 unspecified atom stereocenters. The second-order valence-electron chi connectivity index (χ2n) is 9.57. The SMILES string of the molecule is O=C(CCC1CCCC1)CNCCCCC(=O)C1CCCC2CCCCC21. The summed E-state index contributed by atoms with van der Waals surface area (Å²) >= 11 is 0. The lowest BCUT2D eigenvalue weighted by Crippen LogP contribution is -2.35. The van der Waals surface area contributed by atoms with Crippen LogP contribution >= 0.6 is 0 Å². The van der Waals surface area contributed by atoms with E-state index in [1.54, 1.807) is 0 Å². The Morgan fingerprint density at radius 3 is 2.37 bits per heavy atom. The molecular formula is C24H41NO2. The third-order valence-corrected chi connectivity index (χ3v) is 7.64. The summed E-state index contributed by atoms with van der Waals surface area (Å²) in [7, 11) is 0. The van der Waals surface area contributed by atoms with Crippen molar-refractivity contribution in [2.45, 2.75) is 103 Å². The van der Waals surface area contributed by atoms with Crippen molar-refractivity contribution in [2.24, 2.45) is 23.7 Å². The van der Waals surface area contributed by atoms with Gasteiger partial charge < -0.3 is 5.32 Å². The third-order valence-electron chi connectivity index (χ3n) is 7.64. The van der Waals surface area contributed by atoms with Crippen LogP contribution in [-0.2, 0) is 9.59 Å². The molecule has 3 heteroatoms. The first-order valence-electron chi connectivity index (χ1n) is 12.0. The minimum atomic E-state index is 0.364. The van der Waals surface area contributed by atoms with Crippen LogP contribution in [0.3, 0.4) is 0 Å². The van der Waals surface area contributed by atoms with E-state index in [0.29, 0.717) is 29.9 Å². The molecule has 3 atom stereocenters. The molecular weight excluding hydrogens is 334 g/mol. The van der Waals surface area contributed by atoms with E-state index < -0.39 is 0 Å². The van der Waals surface area contributed by atoms with Gasteiger partial charge in [-0.25, -0.2) is 0 Å². The molecule has 3 saturated carbocycles. The van der Waals surface area contributed by atoms with Crippen molar-refractivity contribution in [1.29, 1.82) is 0 Å². The molecule has 3 aliphatic carbocycles. The summed E-state index contributed by atoms with van der Waals surface area (Å²) in [6.45, 7) is 1.40. The number of carbonyl (C=O) groups is 2. The lowest BCUT2D eigenvalue weighted by atomic mass is 9.64. The van der Waals surface area contributed by atoms with Gasteiger partial charge >= 0.3 is 0 Å². The van der Waals surface area contributed by atoms with Crippen molar-refractivity contribution >= 4 is 11.6 Å². The van der Waals surface area contributed by atoms with Crippen LogP contribution in [0.1, 0.15) is 103 Å². The molecule has 0 radical (unpaired) electrons. The number of rotatable bonds is 11. The van der Waals surface area contributed by atoms with Gasteiger partial charge in [-0.2, -0.15) is 0 Å². The highest BCUT2D eigenvalue weighted by Gasteiger charge is 2.37. The number of hydrogen-bond donors (Lipinski definition) is 1. The van der Waals surface area contributed by atoms with Crippen LogP contribution in [0.25, 0.3) is 0 Å². The summed E-state index contributed by atoms with van der Waals surface area (Å²) in [5, 5.41) is 3.30. The average Bonchev–Trinajstić information content (AvgIpc) is 3.22. The first-order valence-corrected chi connectivity index (χ1v) is 12.0. The largest absolute Gasteiger partial charge is 0.310 e. The lowest BCUT2D eigenvalue weighted by Gasteiger charge is -2.40. The molecule has 0 spiro atoms. The molecule has 0 aliphatic heterocycles. The first-order chi connectivity index (χ1) is 13.2. The van der Waals surface area contributed by atoms with Gasteiger partial charge in [0.1, 0.15) is 11.6 Å². The Bertz CT molecular complexity index is 467. The first kappa shape index (κ1) is 21.0. The zero-order chi connectivity index (χ0) is 18.9. The van der Waals surface area contributed by atoms with Gasteiger partial charge in [0.2, 0.25) is 0 Å². The second-order valence-corrected chi connectivity index (χ2v) is 9.57. The van der Waals surface area contributed by atoms with Crippen LogP contribution < -0.4 is 5.32 Å². The van der Waals surface area contributed by atoms with E-state index in [0.717, 1.165) is 56.9 Å². The molecule has 0 aromatic heterocycles.